The first-order chi connectivity index (χ1) is 10.3. The Morgan fingerprint density at radius 1 is 1.24 bits per heavy atom. The van der Waals surface area contributed by atoms with E-state index in [4.69, 9.17) is 4.74 Å². The zero-order valence-electron chi connectivity index (χ0n) is 12.3. The van der Waals surface area contributed by atoms with E-state index in [-0.39, 0.29) is 6.04 Å². The standard InChI is InChI=1S/C18H21NO2/c1-21-12-14-5-2-3-7-17(14)19-18-8-4-6-13-9-10-15(20)11-16(13)18/h2-3,5,7,9-11,18-20H,4,6,8,12H2,1H3. The van der Waals surface area contributed by atoms with Gasteiger partial charge in [-0.3, -0.25) is 0 Å². The molecule has 0 bridgehead atoms. The second-order valence-electron chi connectivity index (χ2n) is 5.56. The normalized spacial score (nSPS) is 17.3. The number of anilines is 1. The minimum absolute atomic E-state index is 0.249. The molecule has 0 aliphatic heterocycles. The zero-order chi connectivity index (χ0) is 14.7. The summed E-state index contributed by atoms with van der Waals surface area (Å²) in [6.45, 7) is 0.600. The Morgan fingerprint density at radius 3 is 2.95 bits per heavy atom. The van der Waals surface area contributed by atoms with Crippen molar-refractivity contribution in [3.05, 3.63) is 59.2 Å². The molecule has 3 rings (SSSR count). The van der Waals surface area contributed by atoms with Crippen molar-refractivity contribution >= 4 is 5.69 Å². The first kappa shape index (κ1) is 14.0. The van der Waals surface area contributed by atoms with Crippen molar-refractivity contribution in [3.63, 3.8) is 0 Å². The molecule has 0 saturated heterocycles. The molecule has 0 saturated carbocycles. The Bertz CT molecular complexity index is 624. The summed E-state index contributed by atoms with van der Waals surface area (Å²) in [6.07, 6.45) is 3.34. The summed E-state index contributed by atoms with van der Waals surface area (Å²) >= 11 is 0. The molecular formula is C18H21NO2. The van der Waals surface area contributed by atoms with E-state index in [0.717, 1.165) is 24.1 Å². The molecule has 0 amide bonds. The van der Waals surface area contributed by atoms with Gasteiger partial charge in [0.1, 0.15) is 5.75 Å². The summed E-state index contributed by atoms with van der Waals surface area (Å²) < 4.78 is 5.27. The molecule has 1 aliphatic rings. The van der Waals surface area contributed by atoms with Gasteiger partial charge in [-0.1, -0.05) is 24.3 Å². The monoisotopic (exact) mass is 283 g/mol. The summed E-state index contributed by atoms with van der Waals surface area (Å²) in [6, 6.07) is 14.2. The minimum atomic E-state index is 0.249. The van der Waals surface area contributed by atoms with Crippen LogP contribution in [0.2, 0.25) is 0 Å². The van der Waals surface area contributed by atoms with E-state index in [1.165, 1.54) is 17.5 Å². The lowest BCUT2D eigenvalue weighted by atomic mass is 9.87. The van der Waals surface area contributed by atoms with E-state index in [2.05, 4.69) is 17.4 Å². The smallest absolute Gasteiger partial charge is 0.115 e. The van der Waals surface area contributed by atoms with Gasteiger partial charge in [-0.05, 0) is 48.6 Å². The number of hydrogen-bond donors (Lipinski definition) is 2. The highest BCUT2D eigenvalue weighted by Gasteiger charge is 2.21. The fourth-order valence-corrected chi connectivity index (χ4v) is 3.07. The van der Waals surface area contributed by atoms with Gasteiger partial charge in [0.2, 0.25) is 0 Å². The summed E-state index contributed by atoms with van der Waals surface area (Å²) in [5, 5.41) is 13.4. The van der Waals surface area contributed by atoms with Gasteiger partial charge in [0.15, 0.2) is 0 Å². The third kappa shape index (κ3) is 3.03. The molecule has 3 heteroatoms. The van der Waals surface area contributed by atoms with Crippen LogP contribution in [0.15, 0.2) is 42.5 Å². The van der Waals surface area contributed by atoms with Crippen molar-refractivity contribution in [3.8, 4) is 5.75 Å². The Kier molecular flexibility index (Phi) is 4.11. The number of aryl methyl sites for hydroxylation is 1. The van der Waals surface area contributed by atoms with Gasteiger partial charge in [-0.25, -0.2) is 0 Å². The Morgan fingerprint density at radius 2 is 2.10 bits per heavy atom. The first-order valence-corrected chi connectivity index (χ1v) is 7.43. The summed E-state index contributed by atoms with van der Waals surface area (Å²) in [5.74, 6) is 0.340. The maximum absolute atomic E-state index is 9.76. The van der Waals surface area contributed by atoms with Gasteiger partial charge in [0, 0.05) is 18.4 Å². The molecule has 3 nitrogen and oxygen atoms in total. The van der Waals surface area contributed by atoms with Gasteiger partial charge in [0.25, 0.3) is 0 Å². The lowest BCUT2D eigenvalue weighted by molar-refractivity contribution is 0.185. The SMILES string of the molecule is COCc1ccccc1NC1CCCc2ccc(O)cc21. The van der Waals surface area contributed by atoms with Crippen molar-refractivity contribution in [1.29, 1.82) is 0 Å². The zero-order valence-corrected chi connectivity index (χ0v) is 12.3. The Labute approximate surface area is 125 Å². The van der Waals surface area contributed by atoms with E-state index >= 15 is 0 Å². The number of benzene rings is 2. The minimum Gasteiger partial charge on any atom is -0.508 e. The summed E-state index contributed by atoms with van der Waals surface area (Å²) in [7, 11) is 1.71. The molecule has 0 spiro atoms. The van der Waals surface area contributed by atoms with Crippen LogP contribution >= 0.6 is 0 Å². The van der Waals surface area contributed by atoms with Gasteiger partial charge in [-0.15, -0.1) is 0 Å². The average molecular weight is 283 g/mol. The van der Waals surface area contributed by atoms with Crippen molar-refractivity contribution in [1.82, 2.24) is 0 Å². The molecular weight excluding hydrogens is 262 g/mol. The molecule has 0 radical (unpaired) electrons. The number of fused-ring (bicyclic) bond motifs is 1. The van der Waals surface area contributed by atoms with Crippen LogP contribution in [0.4, 0.5) is 5.69 Å². The average Bonchev–Trinajstić information content (AvgIpc) is 2.50. The fraction of sp³-hybridized carbons (Fsp3) is 0.333. The van der Waals surface area contributed by atoms with Crippen LogP contribution in [0.25, 0.3) is 0 Å². The number of hydrogen-bond acceptors (Lipinski definition) is 3. The van der Waals surface area contributed by atoms with Gasteiger partial charge in [-0.2, -0.15) is 0 Å². The third-order valence-electron chi connectivity index (χ3n) is 4.09. The molecule has 21 heavy (non-hydrogen) atoms. The van der Waals surface area contributed by atoms with Crippen LogP contribution < -0.4 is 5.32 Å². The summed E-state index contributed by atoms with van der Waals surface area (Å²) in [5.41, 5.74) is 4.82. The summed E-state index contributed by atoms with van der Waals surface area (Å²) in [4.78, 5) is 0. The van der Waals surface area contributed by atoms with Gasteiger partial charge < -0.3 is 15.2 Å². The Hall–Kier alpha value is -2.00. The molecule has 1 unspecified atom stereocenters. The quantitative estimate of drug-likeness (QED) is 0.890. The van der Waals surface area contributed by atoms with E-state index in [9.17, 15) is 5.11 Å². The highest BCUT2D eigenvalue weighted by Crippen LogP contribution is 2.35. The predicted octanol–water partition coefficient (Wildman–Crippen LogP) is 4.03. The van der Waals surface area contributed by atoms with Crippen LogP contribution in [0.1, 0.15) is 35.6 Å². The lowest BCUT2D eigenvalue weighted by Gasteiger charge is -2.28. The number of rotatable bonds is 4. The topological polar surface area (TPSA) is 41.5 Å². The first-order valence-electron chi connectivity index (χ1n) is 7.43. The molecule has 1 aliphatic carbocycles. The largest absolute Gasteiger partial charge is 0.508 e. The van der Waals surface area contributed by atoms with Gasteiger partial charge in [0.05, 0.1) is 12.6 Å². The molecule has 2 aromatic rings. The predicted molar refractivity (Wildman–Crippen MR) is 84.6 cm³/mol. The third-order valence-corrected chi connectivity index (χ3v) is 4.09. The van der Waals surface area contributed by atoms with E-state index in [1.54, 1.807) is 13.2 Å². The highest BCUT2D eigenvalue weighted by molar-refractivity contribution is 5.54. The molecule has 0 aromatic heterocycles. The van der Waals surface area contributed by atoms with E-state index in [1.807, 2.05) is 24.3 Å². The van der Waals surface area contributed by atoms with Crippen LogP contribution in [0.5, 0.6) is 5.75 Å². The molecule has 0 heterocycles. The van der Waals surface area contributed by atoms with Crippen molar-refractivity contribution < 1.29 is 9.84 Å². The maximum atomic E-state index is 9.76. The van der Waals surface area contributed by atoms with Crippen LogP contribution in [-0.2, 0) is 17.8 Å². The second-order valence-corrected chi connectivity index (χ2v) is 5.56. The number of aromatic hydroxyl groups is 1. The van der Waals surface area contributed by atoms with E-state index in [0.29, 0.717) is 12.4 Å². The molecule has 0 fully saturated rings. The number of methoxy groups -OCH3 is 1. The van der Waals surface area contributed by atoms with Crippen LogP contribution in [0, 0.1) is 0 Å². The molecule has 110 valence electrons. The second kappa shape index (κ2) is 6.19. The molecule has 2 N–H and O–H groups in total. The number of phenols is 1. The lowest BCUT2D eigenvalue weighted by Crippen LogP contribution is -2.18. The maximum Gasteiger partial charge on any atom is 0.115 e. The van der Waals surface area contributed by atoms with Gasteiger partial charge >= 0.3 is 0 Å². The molecule has 1 atom stereocenters. The number of nitrogens with one attached hydrogen (secondary N) is 1. The number of para-hydroxylation sites is 1. The number of phenolic OH excluding ortho intramolecular Hbond substituents is 1. The number of ether oxygens (including phenoxy) is 1. The Balaban J connectivity index is 1.88. The van der Waals surface area contributed by atoms with Crippen molar-refractivity contribution in [2.45, 2.75) is 31.9 Å². The fourth-order valence-electron chi connectivity index (χ4n) is 3.07. The highest BCUT2D eigenvalue weighted by atomic mass is 16.5. The molecule has 2 aromatic carbocycles. The van der Waals surface area contributed by atoms with Crippen LogP contribution in [-0.4, -0.2) is 12.2 Å². The van der Waals surface area contributed by atoms with Crippen LogP contribution in [0.3, 0.4) is 0 Å². The van der Waals surface area contributed by atoms with Crippen molar-refractivity contribution in [2.24, 2.45) is 0 Å². The van der Waals surface area contributed by atoms with E-state index < -0.39 is 0 Å². The van der Waals surface area contributed by atoms with Crippen molar-refractivity contribution in [2.75, 3.05) is 12.4 Å².